The Morgan fingerprint density at radius 2 is 2.04 bits per heavy atom. The van der Waals surface area contributed by atoms with E-state index in [0.29, 0.717) is 30.3 Å². The monoisotopic (exact) mass is 315 g/mol. The highest BCUT2D eigenvalue weighted by atomic mass is 16.3. The first-order valence-electron chi connectivity index (χ1n) is 7.80. The normalized spacial score (nSPS) is 15.9. The Hall–Kier alpha value is -2.28. The van der Waals surface area contributed by atoms with E-state index < -0.39 is 6.10 Å². The molecule has 3 heterocycles. The average Bonchev–Trinajstić information content (AvgIpc) is 2.78. The van der Waals surface area contributed by atoms with Crippen LogP contribution in [0.4, 0.5) is 0 Å². The highest BCUT2D eigenvalue weighted by Gasteiger charge is 2.23. The van der Waals surface area contributed by atoms with E-state index in [2.05, 4.69) is 15.1 Å². The number of aliphatic hydroxyl groups is 1. The van der Waals surface area contributed by atoms with Crippen molar-refractivity contribution < 1.29 is 9.90 Å². The maximum absolute atomic E-state index is 12.8. The van der Waals surface area contributed by atoms with E-state index in [9.17, 15) is 9.90 Å². The Bertz CT molecular complexity index is 718. The summed E-state index contributed by atoms with van der Waals surface area (Å²) in [5, 5.41) is 14.1. The summed E-state index contributed by atoms with van der Waals surface area (Å²) in [5.41, 5.74) is 2.80. The molecule has 0 spiro atoms. The van der Waals surface area contributed by atoms with E-state index in [-0.39, 0.29) is 5.91 Å². The SMILES string of the molecule is Cc1cc(C(=O)N2CCCn3nc([C@@H](C)O)cc3C2)nc(C)n1. The highest BCUT2D eigenvalue weighted by Crippen LogP contribution is 2.19. The minimum atomic E-state index is -0.606. The van der Waals surface area contributed by atoms with E-state index in [1.807, 2.05) is 17.7 Å². The molecule has 1 N–H and O–H groups in total. The van der Waals surface area contributed by atoms with Gasteiger partial charge in [0, 0.05) is 18.8 Å². The van der Waals surface area contributed by atoms with Crippen molar-refractivity contribution in [2.75, 3.05) is 6.54 Å². The van der Waals surface area contributed by atoms with Gasteiger partial charge < -0.3 is 10.0 Å². The number of aryl methyl sites for hydroxylation is 3. The van der Waals surface area contributed by atoms with Crippen LogP contribution in [-0.2, 0) is 13.1 Å². The smallest absolute Gasteiger partial charge is 0.272 e. The van der Waals surface area contributed by atoms with Gasteiger partial charge in [0.05, 0.1) is 24.0 Å². The molecule has 0 saturated heterocycles. The number of rotatable bonds is 2. The van der Waals surface area contributed by atoms with Gasteiger partial charge in [-0.1, -0.05) is 0 Å². The third-order valence-electron chi connectivity index (χ3n) is 3.93. The zero-order valence-electron chi connectivity index (χ0n) is 13.7. The molecule has 1 amide bonds. The van der Waals surface area contributed by atoms with Crippen LogP contribution in [-0.4, -0.2) is 42.2 Å². The van der Waals surface area contributed by atoms with E-state index in [0.717, 1.165) is 24.4 Å². The van der Waals surface area contributed by atoms with Crippen LogP contribution >= 0.6 is 0 Å². The average molecular weight is 315 g/mol. The van der Waals surface area contributed by atoms with Crippen LogP contribution in [0.5, 0.6) is 0 Å². The second kappa shape index (κ2) is 6.08. The number of fused-ring (bicyclic) bond motifs is 1. The van der Waals surface area contributed by atoms with E-state index in [1.165, 1.54) is 0 Å². The Balaban J connectivity index is 1.86. The van der Waals surface area contributed by atoms with Crippen molar-refractivity contribution in [2.24, 2.45) is 0 Å². The lowest BCUT2D eigenvalue weighted by Crippen LogP contribution is -2.31. The van der Waals surface area contributed by atoms with Crippen molar-refractivity contribution >= 4 is 5.91 Å². The molecule has 0 aliphatic carbocycles. The topological polar surface area (TPSA) is 84.1 Å². The fourth-order valence-electron chi connectivity index (χ4n) is 2.85. The number of aliphatic hydroxyl groups excluding tert-OH is 1. The minimum absolute atomic E-state index is 0.0909. The van der Waals surface area contributed by atoms with E-state index >= 15 is 0 Å². The van der Waals surface area contributed by atoms with E-state index in [4.69, 9.17) is 0 Å². The van der Waals surface area contributed by atoms with Crippen LogP contribution in [0.15, 0.2) is 12.1 Å². The summed E-state index contributed by atoms with van der Waals surface area (Å²) in [7, 11) is 0. The van der Waals surface area contributed by atoms with Gasteiger partial charge in [0.1, 0.15) is 11.5 Å². The van der Waals surface area contributed by atoms with Gasteiger partial charge in [0.15, 0.2) is 0 Å². The Morgan fingerprint density at radius 3 is 2.74 bits per heavy atom. The van der Waals surface area contributed by atoms with Gasteiger partial charge in [-0.15, -0.1) is 0 Å². The predicted molar refractivity (Wildman–Crippen MR) is 83.7 cm³/mol. The lowest BCUT2D eigenvalue weighted by Gasteiger charge is -2.19. The quantitative estimate of drug-likeness (QED) is 0.905. The number of nitrogens with zero attached hydrogens (tertiary/aromatic N) is 5. The molecule has 7 nitrogen and oxygen atoms in total. The molecule has 2 aromatic rings. The molecule has 2 aromatic heterocycles. The molecule has 23 heavy (non-hydrogen) atoms. The lowest BCUT2D eigenvalue weighted by atomic mass is 10.2. The van der Waals surface area contributed by atoms with Gasteiger partial charge in [-0.25, -0.2) is 9.97 Å². The van der Waals surface area contributed by atoms with E-state index in [1.54, 1.807) is 24.8 Å². The van der Waals surface area contributed by atoms with Crippen LogP contribution in [0.1, 0.15) is 52.8 Å². The second-order valence-corrected chi connectivity index (χ2v) is 5.98. The molecule has 1 aliphatic heterocycles. The third kappa shape index (κ3) is 3.24. The van der Waals surface area contributed by atoms with Crippen molar-refractivity contribution in [1.29, 1.82) is 0 Å². The fraction of sp³-hybridized carbons (Fsp3) is 0.500. The summed E-state index contributed by atoms with van der Waals surface area (Å²) < 4.78 is 1.88. The van der Waals surface area contributed by atoms with Gasteiger partial charge in [0.25, 0.3) is 5.91 Å². The first-order chi connectivity index (χ1) is 10.9. The van der Waals surface area contributed by atoms with Crippen LogP contribution in [0.3, 0.4) is 0 Å². The van der Waals surface area contributed by atoms with Crippen LogP contribution in [0.25, 0.3) is 0 Å². The fourth-order valence-corrected chi connectivity index (χ4v) is 2.85. The van der Waals surface area contributed by atoms with Crippen LogP contribution in [0, 0.1) is 13.8 Å². The number of amides is 1. The molecule has 1 aliphatic rings. The van der Waals surface area contributed by atoms with Crippen LogP contribution in [0.2, 0.25) is 0 Å². The number of carbonyl (C=O) groups excluding carboxylic acids is 1. The Kier molecular flexibility index (Phi) is 4.12. The molecule has 0 fully saturated rings. The number of aromatic nitrogens is 4. The second-order valence-electron chi connectivity index (χ2n) is 5.98. The first kappa shape index (κ1) is 15.6. The molecule has 0 aromatic carbocycles. The van der Waals surface area contributed by atoms with Gasteiger partial charge >= 0.3 is 0 Å². The van der Waals surface area contributed by atoms with Gasteiger partial charge in [-0.3, -0.25) is 9.48 Å². The first-order valence-corrected chi connectivity index (χ1v) is 7.80. The van der Waals surface area contributed by atoms with Crippen molar-refractivity contribution in [2.45, 2.75) is 46.4 Å². The summed E-state index contributed by atoms with van der Waals surface area (Å²) in [6, 6.07) is 3.59. The summed E-state index contributed by atoms with van der Waals surface area (Å²) >= 11 is 0. The van der Waals surface area contributed by atoms with Crippen molar-refractivity contribution in [3.8, 4) is 0 Å². The van der Waals surface area contributed by atoms with Crippen molar-refractivity contribution in [1.82, 2.24) is 24.6 Å². The summed E-state index contributed by atoms with van der Waals surface area (Å²) in [4.78, 5) is 23.0. The Labute approximate surface area is 135 Å². The summed E-state index contributed by atoms with van der Waals surface area (Å²) in [6.07, 6.45) is 0.216. The molecule has 0 unspecified atom stereocenters. The van der Waals surface area contributed by atoms with Crippen molar-refractivity contribution in [3.05, 3.63) is 40.7 Å². The molecule has 0 radical (unpaired) electrons. The zero-order valence-corrected chi connectivity index (χ0v) is 13.7. The van der Waals surface area contributed by atoms with Gasteiger partial charge in [-0.2, -0.15) is 5.10 Å². The Morgan fingerprint density at radius 1 is 1.26 bits per heavy atom. The summed E-state index contributed by atoms with van der Waals surface area (Å²) in [6.45, 7) is 7.22. The standard InChI is InChI=1S/C16H21N5O2/c1-10-7-15(18-12(3)17-10)16(23)20-5-4-6-21-13(9-20)8-14(19-21)11(2)22/h7-8,11,22H,4-6,9H2,1-3H3/t11-/m1/s1. The van der Waals surface area contributed by atoms with Gasteiger partial charge in [-0.05, 0) is 39.3 Å². The predicted octanol–water partition coefficient (Wildman–Crippen LogP) is 1.39. The maximum Gasteiger partial charge on any atom is 0.272 e. The molecular weight excluding hydrogens is 294 g/mol. The number of carbonyl (C=O) groups is 1. The summed E-state index contributed by atoms with van der Waals surface area (Å²) in [5.74, 6) is 0.511. The molecule has 1 atom stereocenters. The third-order valence-corrected chi connectivity index (χ3v) is 3.93. The maximum atomic E-state index is 12.8. The molecule has 0 saturated carbocycles. The number of hydrogen-bond acceptors (Lipinski definition) is 5. The molecule has 122 valence electrons. The van der Waals surface area contributed by atoms with Crippen LogP contribution < -0.4 is 0 Å². The zero-order chi connectivity index (χ0) is 16.6. The van der Waals surface area contributed by atoms with Gasteiger partial charge in [0.2, 0.25) is 0 Å². The molecule has 7 heteroatoms. The largest absolute Gasteiger partial charge is 0.387 e. The molecular formula is C16H21N5O2. The molecule has 0 bridgehead atoms. The lowest BCUT2D eigenvalue weighted by molar-refractivity contribution is 0.0739. The number of hydrogen-bond donors (Lipinski definition) is 1. The highest BCUT2D eigenvalue weighted by molar-refractivity contribution is 5.92. The minimum Gasteiger partial charge on any atom is -0.387 e. The molecule has 3 rings (SSSR count). The van der Waals surface area contributed by atoms with Crippen molar-refractivity contribution in [3.63, 3.8) is 0 Å².